The van der Waals surface area contributed by atoms with Crippen molar-refractivity contribution in [1.82, 2.24) is 24.9 Å². The molecule has 0 unspecified atom stereocenters. The summed E-state index contributed by atoms with van der Waals surface area (Å²) in [4.78, 5) is 18.5. The lowest BCUT2D eigenvalue weighted by molar-refractivity contribution is -0.0957. The highest BCUT2D eigenvalue weighted by atomic mass is 16.5. The lowest BCUT2D eigenvalue weighted by Gasteiger charge is -2.43. The van der Waals surface area contributed by atoms with Gasteiger partial charge in [-0.15, -0.1) is 5.10 Å². The van der Waals surface area contributed by atoms with Crippen LogP contribution in [-0.2, 0) is 16.8 Å². The second kappa shape index (κ2) is 7.06. The number of para-hydroxylation sites is 2. The van der Waals surface area contributed by atoms with Crippen LogP contribution < -0.4 is 0 Å². The highest BCUT2D eigenvalue weighted by Crippen LogP contribution is 2.43. The lowest BCUT2D eigenvalue weighted by Crippen LogP contribution is -2.48. The molecule has 0 saturated carbocycles. The summed E-state index contributed by atoms with van der Waals surface area (Å²) in [7, 11) is 0. The van der Waals surface area contributed by atoms with Crippen LogP contribution in [0, 0.1) is 0 Å². The molecule has 4 heterocycles. The van der Waals surface area contributed by atoms with Crippen molar-refractivity contribution in [1.29, 1.82) is 0 Å². The van der Waals surface area contributed by atoms with Gasteiger partial charge in [0, 0.05) is 24.0 Å². The monoisotopic (exact) mass is 413 g/mol. The van der Waals surface area contributed by atoms with Crippen molar-refractivity contribution in [3.63, 3.8) is 0 Å². The van der Waals surface area contributed by atoms with Gasteiger partial charge in [0.25, 0.3) is 5.91 Å². The van der Waals surface area contributed by atoms with Gasteiger partial charge in [-0.25, -0.2) is 4.68 Å². The minimum absolute atomic E-state index is 0.0790. The van der Waals surface area contributed by atoms with Crippen LogP contribution in [0.25, 0.3) is 16.6 Å². The first-order valence-electron chi connectivity index (χ1n) is 10.7. The van der Waals surface area contributed by atoms with Crippen LogP contribution in [0.3, 0.4) is 0 Å². The summed E-state index contributed by atoms with van der Waals surface area (Å²) in [5.41, 5.74) is 4.64. The third-order valence-electron chi connectivity index (χ3n) is 6.59. The topological polar surface area (TPSA) is 76.0 Å². The lowest BCUT2D eigenvalue weighted by atomic mass is 9.83. The number of rotatable bonds is 2. The number of amides is 1. The first-order chi connectivity index (χ1) is 15.2. The summed E-state index contributed by atoms with van der Waals surface area (Å²) in [5, 5.41) is 9.54. The van der Waals surface area contributed by atoms with Crippen molar-refractivity contribution in [2.24, 2.45) is 0 Å². The Balaban J connectivity index is 1.22. The fourth-order valence-electron chi connectivity index (χ4n) is 4.97. The summed E-state index contributed by atoms with van der Waals surface area (Å²) in [6.45, 7) is 1.98. The minimum atomic E-state index is -0.342. The van der Waals surface area contributed by atoms with Gasteiger partial charge < -0.3 is 14.6 Å². The zero-order valence-electron chi connectivity index (χ0n) is 17.1. The van der Waals surface area contributed by atoms with Gasteiger partial charge in [-0.3, -0.25) is 4.79 Å². The van der Waals surface area contributed by atoms with Crippen LogP contribution in [0.15, 0.2) is 60.8 Å². The molecule has 0 bridgehead atoms. The molecular formula is C24H23N5O2. The van der Waals surface area contributed by atoms with Gasteiger partial charge in [-0.1, -0.05) is 41.6 Å². The number of likely N-dealkylation sites (tertiary alicyclic amines) is 1. The Morgan fingerprint density at radius 2 is 1.81 bits per heavy atom. The Labute approximate surface area is 179 Å². The molecule has 2 aliphatic rings. The average Bonchev–Trinajstić information content (AvgIpc) is 3.46. The number of piperidine rings is 1. The Morgan fingerprint density at radius 3 is 2.65 bits per heavy atom. The third kappa shape index (κ3) is 2.96. The Kier molecular flexibility index (Phi) is 4.17. The van der Waals surface area contributed by atoms with E-state index >= 15 is 0 Å². The van der Waals surface area contributed by atoms with Crippen molar-refractivity contribution in [3.05, 3.63) is 77.7 Å². The molecule has 2 aromatic heterocycles. The van der Waals surface area contributed by atoms with Gasteiger partial charge in [0.1, 0.15) is 5.60 Å². The van der Waals surface area contributed by atoms with E-state index in [0.717, 1.165) is 30.5 Å². The Bertz CT molecular complexity index is 1250. The van der Waals surface area contributed by atoms with E-state index in [4.69, 9.17) is 4.74 Å². The molecular weight excluding hydrogens is 390 g/mol. The quantitative estimate of drug-likeness (QED) is 0.546. The van der Waals surface area contributed by atoms with Gasteiger partial charge in [-0.05, 0) is 43.0 Å². The van der Waals surface area contributed by atoms with Crippen LogP contribution in [0.1, 0.15) is 34.6 Å². The molecule has 1 N–H and O–H groups in total. The van der Waals surface area contributed by atoms with Crippen molar-refractivity contribution < 1.29 is 9.53 Å². The summed E-state index contributed by atoms with van der Waals surface area (Å²) in [6.07, 6.45) is 4.16. The van der Waals surface area contributed by atoms with E-state index < -0.39 is 0 Å². The highest BCUT2D eigenvalue weighted by molar-refractivity contribution is 5.92. The van der Waals surface area contributed by atoms with Crippen LogP contribution in [0.5, 0.6) is 0 Å². The van der Waals surface area contributed by atoms with E-state index in [0.29, 0.717) is 25.4 Å². The maximum Gasteiger partial charge on any atom is 0.276 e. The number of hydrogen-bond donors (Lipinski definition) is 1. The highest BCUT2D eigenvalue weighted by Gasteiger charge is 2.43. The number of benzene rings is 2. The van der Waals surface area contributed by atoms with Gasteiger partial charge in [0.15, 0.2) is 5.69 Å². The summed E-state index contributed by atoms with van der Waals surface area (Å²) >= 11 is 0. The predicted molar refractivity (Wildman–Crippen MR) is 116 cm³/mol. The van der Waals surface area contributed by atoms with E-state index in [1.54, 1.807) is 10.9 Å². The summed E-state index contributed by atoms with van der Waals surface area (Å²) in [5.74, 6) is -0.0790. The average molecular weight is 413 g/mol. The van der Waals surface area contributed by atoms with Crippen molar-refractivity contribution in [2.45, 2.75) is 24.9 Å². The van der Waals surface area contributed by atoms with Crippen LogP contribution in [0.2, 0.25) is 0 Å². The molecule has 156 valence electrons. The summed E-state index contributed by atoms with van der Waals surface area (Å²) in [6, 6.07) is 18.1. The molecule has 4 aromatic rings. The van der Waals surface area contributed by atoms with Gasteiger partial charge in [-0.2, -0.15) is 0 Å². The number of aromatic nitrogens is 4. The van der Waals surface area contributed by atoms with Gasteiger partial charge in [0.2, 0.25) is 0 Å². The number of fused-ring (bicyclic) bond motifs is 4. The SMILES string of the molecule is O=C(c1cn(-c2ccccc2)nn1)N1CCC2(CC1)OCCc1c2[nH]c2ccccc12. The molecule has 0 radical (unpaired) electrons. The number of hydrogen-bond acceptors (Lipinski definition) is 4. The van der Waals surface area contributed by atoms with Crippen LogP contribution >= 0.6 is 0 Å². The Morgan fingerprint density at radius 1 is 1.03 bits per heavy atom. The van der Waals surface area contributed by atoms with Crippen LogP contribution in [-0.4, -0.2) is 50.5 Å². The molecule has 7 nitrogen and oxygen atoms in total. The molecule has 0 atom stereocenters. The zero-order chi connectivity index (χ0) is 20.8. The first kappa shape index (κ1) is 18.3. The number of H-pyrrole nitrogens is 1. The van der Waals surface area contributed by atoms with Crippen LogP contribution in [0.4, 0.5) is 0 Å². The number of carbonyl (C=O) groups is 1. The maximum absolute atomic E-state index is 13.1. The van der Waals surface area contributed by atoms with Crippen molar-refractivity contribution >= 4 is 16.8 Å². The predicted octanol–water partition coefficient (Wildman–Crippen LogP) is 3.45. The fraction of sp³-hybridized carbons (Fsp3) is 0.292. The van der Waals surface area contributed by atoms with Gasteiger partial charge >= 0.3 is 0 Å². The van der Waals surface area contributed by atoms with Gasteiger partial charge in [0.05, 0.1) is 24.2 Å². The van der Waals surface area contributed by atoms with E-state index in [9.17, 15) is 4.79 Å². The molecule has 31 heavy (non-hydrogen) atoms. The molecule has 2 aliphatic heterocycles. The molecule has 7 heteroatoms. The molecule has 6 rings (SSSR count). The molecule has 1 amide bonds. The largest absolute Gasteiger partial charge is 0.368 e. The zero-order valence-corrected chi connectivity index (χ0v) is 17.1. The summed E-state index contributed by atoms with van der Waals surface area (Å²) < 4.78 is 8.00. The third-order valence-corrected chi connectivity index (χ3v) is 6.59. The molecule has 1 saturated heterocycles. The number of nitrogens with one attached hydrogen (secondary N) is 1. The van der Waals surface area contributed by atoms with E-state index in [1.165, 1.54) is 16.6 Å². The normalized spacial score (nSPS) is 17.7. The first-order valence-corrected chi connectivity index (χ1v) is 10.7. The van der Waals surface area contributed by atoms with E-state index in [-0.39, 0.29) is 11.5 Å². The second-order valence-electron chi connectivity index (χ2n) is 8.29. The molecule has 2 aromatic carbocycles. The van der Waals surface area contributed by atoms with E-state index in [1.807, 2.05) is 35.2 Å². The molecule has 1 fully saturated rings. The smallest absolute Gasteiger partial charge is 0.276 e. The number of aromatic amines is 1. The van der Waals surface area contributed by atoms with Crippen molar-refractivity contribution in [3.8, 4) is 5.69 Å². The maximum atomic E-state index is 13.1. The minimum Gasteiger partial charge on any atom is -0.368 e. The second-order valence-corrected chi connectivity index (χ2v) is 8.29. The fourth-order valence-corrected chi connectivity index (χ4v) is 4.97. The van der Waals surface area contributed by atoms with Crippen molar-refractivity contribution in [2.75, 3.05) is 19.7 Å². The number of carbonyl (C=O) groups excluding carboxylic acids is 1. The Hall–Kier alpha value is -3.45. The molecule has 1 spiro atoms. The standard InChI is InChI=1S/C24H23N5O2/c30-23(21-16-29(27-26-21)17-6-2-1-3-7-17)28-13-11-24(12-14-28)22-19(10-15-31-24)18-8-4-5-9-20(18)25-22/h1-9,16,25H,10-15H2. The number of nitrogens with zero attached hydrogens (tertiary/aromatic N) is 4. The number of ether oxygens (including phenoxy) is 1. The van der Waals surface area contributed by atoms with E-state index in [2.05, 4.69) is 39.6 Å². The molecule has 0 aliphatic carbocycles.